The number of rotatable bonds is 5. The van der Waals surface area contributed by atoms with E-state index in [2.05, 4.69) is 5.32 Å². The largest absolute Gasteiger partial charge is 0.481 e. The van der Waals surface area contributed by atoms with Crippen molar-refractivity contribution in [3.05, 3.63) is 35.4 Å². The zero-order valence-electron chi connectivity index (χ0n) is 13.1. The number of hydrogen-bond acceptors (Lipinski definition) is 3. The monoisotopic (exact) mass is 344 g/mol. The Morgan fingerprint density at radius 1 is 1.29 bits per heavy atom. The van der Waals surface area contributed by atoms with E-state index in [4.69, 9.17) is 5.11 Å². The van der Waals surface area contributed by atoms with Crippen molar-refractivity contribution in [2.24, 2.45) is 11.8 Å². The Labute approximate surface area is 137 Å². The number of amides is 1. The van der Waals surface area contributed by atoms with Crippen LogP contribution in [0.5, 0.6) is 0 Å². The molecule has 0 spiro atoms. The van der Waals surface area contributed by atoms with E-state index in [0.717, 1.165) is 11.1 Å². The van der Waals surface area contributed by atoms with Crippen LogP contribution in [-0.4, -0.2) is 47.7 Å². The summed E-state index contributed by atoms with van der Waals surface area (Å²) >= 11 is 0. The molecular formula is C16H19F3N2O3. The van der Waals surface area contributed by atoms with Gasteiger partial charge in [-0.15, -0.1) is 0 Å². The Morgan fingerprint density at radius 2 is 1.96 bits per heavy atom. The van der Waals surface area contributed by atoms with Crippen molar-refractivity contribution >= 4 is 11.9 Å². The zero-order valence-corrected chi connectivity index (χ0v) is 13.1. The van der Waals surface area contributed by atoms with Crippen molar-refractivity contribution in [1.82, 2.24) is 10.2 Å². The number of benzene rings is 1. The van der Waals surface area contributed by atoms with Crippen molar-refractivity contribution in [2.45, 2.75) is 19.6 Å². The van der Waals surface area contributed by atoms with Crippen LogP contribution in [0, 0.1) is 18.8 Å². The van der Waals surface area contributed by atoms with Gasteiger partial charge in [0.1, 0.15) is 0 Å². The third-order valence-electron chi connectivity index (χ3n) is 4.24. The summed E-state index contributed by atoms with van der Waals surface area (Å²) in [4.78, 5) is 24.2. The minimum atomic E-state index is -4.59. The van der Waals surface area contributed by atoms with E-state index in [1.165, 1.54) is 4.90 Å². The first-order valence-corrected chi connectivity index (χ1v) is 7.51. The summed E-state index contributed by atoms with van der Waals surface area (Å²) in [5.41, 5.74) is 1.92. The number of carboxylic acids is 1. The van der Waals surface area contributed by atoms with Gasteiger partial charge >= 0.3 is 12.1 Å². The highest BCUT2D eigenvalue weighted by molar-refractivity contribution is 5.78. The predicted molar refractivity (Wildman–Crippen MR) is 80.1 cm³/mol. The summed E-state index contributed by atoms with van der Waals surface area (Å²) < 4.78 is 38.7. The molecule has 1 aliphatic heterocycles. The van der Waals surface area contributed by atoms with E-state index in [1.54, 1.807) is 0 Å². The fraction of sp³-hybridized carbons (Fsp3) is 0.500. The smallest absolute Gasteiger partial charge is 0.393 e. The molecule has 1 aliphatic rings. The van der Waals surface area contributed by atoms with Crippen LogP contribution in [0.15, 0.2) is 24.3 Å². The molecule has 0 saturated carbocycles. The molecule has 0 aliphatic carbocycles. The average molecular weight is 344 g/mol. The molecule has 132 valence electrons. The van der Waals surface area contributed by atoms with Gasteiger partial charge in [-0.2, -0.15) is 13.2 Å². The molecule has 0 bridgehead atoms. The molecule has 1 amide bonds. The van der Waals surface area contributed by atoms with Gasteiger partial charge in [0.05, 0.1) is 18.4 Å². The standard InChI is InChI=1S/C16H19F3N2O3/c1-10-4-2-3-5-11(10)6-20-14(22)9-21-7-12(15(23)24)13(8-21)16(17,18)19/h2-5,12-13H,6-9H2,1H3,(H,20,22)(H,23,24)/t12-,13-/m1/s1. The minimum Gasteiger partial charge on any atom is -0.481 e. The quantitative estimate of drug-likeness (QED) is 0.855. The molecule has 1 heterocycles. The Balaban J connectivity index is 1.90. The topological polar surface area (TPSA) is 69.6 Å². The molecule has 24 heavy (non-hydrogen) atoms. The molecule has 2 rings (SSSR count). The molecule has 1 aromatic rings. The maximum Gasteiger partial charge on any atom is 0.393 e. The number of nitrogens with zero attached hydrogens (tertiary/aromatic N) is 1. The van der Waals surface area contributed by atoms with Gasteiger partial charge in [-0.3, -0.25) is 14.5 Å². The lowest BCUT2D eigenvalue weighted by Gasteiger charge is -2.18. The van der Waals surface area contributed by atoms with Crippen LogP contribution in [0.4, 0.5) is 13.2 Å². The summed E-state index contributed by atoms with van der Waals surface area (Å²) in [5, 5.41) is 11.6. The van der Waals surface area contributed by atoms with Gasteiger partial charge in [-0.05, 0) is 18.1 Å². The van der Waals surface area contributed by atoms with E-state index >= 15 is 0 Å². The highest BCUT2D eigenvalue weighted by Crippen LogP contribution is 2.37. The number of aryl methyl sites for hydroxylation is 1. The summed E-state index contributed by atoms with van der Waals surface area (Å²) in [6.07, 6.45) is -4.59. The Kier molecular flexibility index (Phi) is 5.48. The fourth-order valence-electron chi connectivity index (χ4n) is 2.86. The number of nitrogens with one attached hydrogen (secondary N) is 1. The number of aliphatic carboxylic acids is 1. The predicted octanol–water partition coefficient (Wildman–Crippen LogP) is 1.81. The fourth-order valence-corrected chi connectivity index (χ4v) is 2.86. The van der Waals surface area contributed by atoms with Crippen LogP contribution in [0.1, 0.15) is 11.1 Å². The van der Waals surface area contributed by atoms with Gasteiger partial charge in [0.25, 0.3) is 0 Å². The third-order valence-corrected chi connectivity index (χ3v) is 4.24. The second-order valence-electron chi connectivity index (χ2n) is 5.99. The maximum atomic E-state index is 12.9. The van der Waals surface area contributed by atoms with Crippen LogP contribution < -0.4 is 5.32 Å². The first kappa shape index (κ1) is 18.3. The van der Waals surface area contributed by atoms with E-state index in [-0.39, 0.29) is 19.6 Å². The molecule has 5 nitrogen and oxygen atoms in total. The van der Waals surface area contributed by atoms with Crippen molar-refractivity contribution in [3.63, 3.8) is 0 Å². The molecule has 1 aromatic carbocycles. The normalized spacial score (nSPS) is 21.7. The number of carboxylic acid groups (broad SMARTS) is 1. The Hall–Kier alpha value is -2.09. The molecule has 2 atom stereocenters. The number of carbonyl (C=O) groups is 2. The van der Waals surface area contributed by atoms with Gasteiger partial charge in [0.15, 0.2) is 0 Å². The molecule has 0 radical (unpaired) electrons. The van der Waals surface area contributed by atoms with Crippen molar-refractivity contribution in [1.29, 1.82) is 0 Å². The van der Waals surface area contributed by atoms with E-state index in [9.17, 15) is 22.8 Å². The maximum absolute atomic E-state index is 12.9. The second kappa shape index (κ2) is 7.21. The molecule has 1 saturated heterocycles. The van der Waals surface area contributed by atoms with Crippen molar-refractivity contribution in [3.8, 4) is 0 Å². The average Bonchev–Trinajstić information content (AvgIpc) is 2.90. The SMILES string of the molecule is Cc1ccccc1CNC(=O)CN1C[C@@H](C(F)(F)F)[C@H](C(=O)O)C1. The third kappa shape index (κ3) is 4.47. The summed E-state index contributed by atoms with van der Waals surface area (Å²) in [6, 6.07) is 7.45. The first-order chi connectivity index (χ1) is 11.2. The van der Waals surface area contributed by atoms with E-state index < -0.39 is 36.4 Å². The van der Waals surface area contributed by atoms with Crippen LogP contribution in [0.25, 0.3) is 0 Å². The molecule has 0 unspecified atom stereocenters. The Bertz CT molecular complexity index is 619. The Morgan fingerprint density at radius 3 is 2.50 bits per heavy atom. The minimum absolute atomic E-state index is 0.248. The zero-order chi connectivity index (χ0) is 17.9. The van der Waals surface area contributed by atoms with Gasteiger partial charge in [0, 0.05) is 19.6 Å². The summed E-state index contributed by atoms with van der Waals surface area (Å²) in [6.45, 7) is 1.18. The molecule has 1 fully saturated rings. The van der Waals surface area contributed by atoms with Gasteiger partial charge in [0.2, 0.25) is 5.91 Å². The van der Waals surface area contributed by atoms with Crippen molar-refractivity contribution in [2.75, 3.05) is 19.6 Å². The number of hydrogen-bond donors (Lipinski definition) is 2. The lowest BCUT2D eigenvalue weighted by atomic mass is 9.96. The van der Waals surface area contributed by atoms with Gasteiger partial charge < -0.3 is 10.4 Å². The number of likely N-dealkylation sites (tertiary alicyclic amines) is 1. The molecular weight excluding hydrogens is 325 g/mol. The highest BCUT2D eigenvalue weighted by Gasteiger charge is 2.52. The van der Waals surface area contributed by atoms with Gasteiger partial charge in [-0.25, -0.2) is 0 Å². The second-order valence-corrected chi connectivity index (χ2v) is 5.99. The number of carbonyl (C=O) groups excluding carboxylic acids is 1. The van der Waals surface area contributed by atoms with Crippen LogP contribution in [-0.2, 0) is 16.1 Å². The summed E-state index contributed by atoms with van der Waals surface area (Å²) in [7, 11) is 0. The molecule has 2 N–H and O–H groups in total. The van der Waals surface area contributed by atoms with E-state index in [0.29, 0.717) is 0 Å². The number of halogens is 3. The van der Waals surface area contributed by atoms with Crippen molar-refractivity contribution < 1.29 is 27.9 Å². The summed E-state index contributed by atoms with van der Waals surface area (Å²) in [5.74, 6) is -5.39. The van der Waals surface area contributed by atoms with Gasteiger partial charge in [-0.1, -0.05) is 24.3 Å². The van der Waals surface area contributed by atoms with E-state index in [1.807, 2.05) is 31.2 Å². The van der Waals surface area contributed by atoms with Crippen LogP contribution >= 0.6 is 0 Å². The first-order valence-electron chi connectivity index (χ1n) is 7.51. The van der Waals surface area contributed by atoms with Crippen LogP contribution in [0.3, 0.4) is 0 Å². The molecule has 0 aromatic heterocycles. The highest BCUT2D eigenvalue weighted by atomic mass is 19.4. The lowest BCUT2D eigenvalue weighted by molar-refractivity contribution is -0.188. The van der Waals surface area contributed by atoms with Crippen LogP contribution in [0.2, 0.25) is 0 Å². The lowest BCUT2D eigenvalue weighted by Crippen LogP contribution is -2.37. The number of alkyl halides is 3. The molecule has 8 heteroatoms.